The van der Waals surface area contributed by atoms with Crippen LogP contribution in [0.4, 0.5) is 0 Å². The first-order valence-electron chi connectivity index (χ1n) is 4.58. The molecule has 0 atom stereocenters. The summed E-state index contributed by atoms with van der Waals surface area (Å²) in [6.07, 6.45) is 0.416. The smallest absolute Gasteiger partial charge is 0.134 e. The molecule has 0 fully saturated rings. The van der Waals surface area contributed by atoms with Gasteiger partial charge in [0, 0.05) is 11.3 Å². The Balaban J connectivity index is 2.94. The first-order valence-corrected chi connectivity index (χ1v) is 5.03. The zero-order valence-electron chi connectivity index (χ0n) is 8.41. The molecule has 1 aromatic carbocycles. The monoisotopic (exact) mass is 210 g/mol. The van der Waals surface area contributed by atoms with E-state index in [0.29, 0.717) is 13.0 Å². The summed E-state index contributed by atoms with van der Waals surface area (Å²) in [6.45, 7) is 4.10. The molecule has 76 valence electrons. The van der Waals surface area contributed by atoms with Crippen molar-refractivity contribution in [1.29, 1.82) is 0 Å². The Kier molecular flexibility index (Phi) is 4.01. The number of rotatable bonds is 4. The number of hydrogen-bond acceptors (Lipinski definition) is 3. The normalized spacial score (nSPS) is 9.93. The fourth-order valence-corrected chi connectivity index (χ4v) is 1.54. The van der Waals surface area contributed by atoms with Gasteiger partial charge in [-0.3, -0.25) is 4.79 Å². The summed E-state index contributed by atoms with van der Waals surface area (Å²) >= 11 is 4.34. The van der Waals surface area contributed by atoms with E-state index in [2.05, 4.69) is 12.6 Å². The maximum Gasteiger partial charge on any atom is 0.134 e. The lowest BCUT2D eigenvalue weighted by atomic mass is 10.1. The van der Waals surface area contributed by atoms with Crippen molar-refractivity contribution in [3.05, 3.63) is 23.8 Å². The highest BCUT2D eigenvalue weighted by Gasteiger charge is 2.06. The first-order chi connectivity index (χ1) is 6.65. The lowest BCUT2D eigenvalue weighted by Crippen LogP contribution is -2.00. The first kappa shape index (κ1) is 11.1. The maximum absolute atomic E-state index is 11.0. The lowest BCUT2D eigenvalue weighted by molar-refractivity contribution is -0.116. The number of carbonyl (C=O) groups is 1. The van der Waals surface area contributed by atoms with Gasteiger partial charge in [0.25, 0.3) is 0 Å². The topological polar surface area (TPSA) is 26.3 Å². The molecule has 3 heteroatoms. The van der Waals surface area contributed by atoms with Crippen molar-refractivity contribution < 1.29 is 9.53 Å². The van der Waals surface area contributed by atoms with Crippen LogP contribution in [-0.2, 0) is 11.2 Å². The molecule has 0 aliphatic heterocycles. The number of benzene rings is 1. The third-order valence-corrected chi connectivity index (χ3v) is 2.33. The molecule has 0 amide bonds. The minimum atomic E-state index is 0.133. The van der Waals surface area contributed by atoms with E-state index in [0.717, 1.165) is 16.2 Å². The van der Waals surface area contributed by atoms with Crippen molar-refractivity contribution in [2.45, 2.75) is 25.2 Å². The molecule has 2 nitrogen and oxygen atoms in total. The Labute approximate surface area is 89.7 Å². The second-order valence-corrected chi connectivity index (χ2v) is 3.52. The van der Waals surface area contributed by atoms with Gasteiger partial charge >= 0.3 is 0 Å². The van der Waals surface area contributed by atoms with Gasteiger partial charge in [0.1, 0.15) is 11.5 Å². The zero-order valence-corrected chi connectivity index (χ0v) is 9.30. The van der Waals surface area contributed by atoms with Crippen LogP contribution >= 0.6 is 12.6 Å². The molecule has 1 aromatic rings. The largest absolute Gasteiger partial charge is 0.493 e. The molecule has 0 aromatic heterocycles. The van der Waals surface area contributed by atoms with Crippen molar-refractivity contribution in [3.8, 4) is 5.75 Å². The Morgan fingerprint density at radius 1 is 1.50 bits per heavy atom. The molecule has 0 aliphatic rings. The molecule has 0 unspecified atom stereocenters. The van der Waals surface area contributed by atoms with Crippen molar-refractivity contribution in [2.75, 3.05) is 6.61 Å². The van der Waals surface area contributed by atoms with Gasteiger partial charge in [-0.15, -0.1) is 12.6 Å². The minimum Gasteiger partial charge on any atom is -0.493 e. The second kappa shape index (κ2) is 5.05. The highest BCUT2D eigenvalue weighted by atomic mass is 32.1. The summed E-state index contributed by atoms with van der Waals surface area (Å²) in [5.41, 5.74) is 0.923. The Hall–Kier alpha value is -0.960. The van der Waals surface area contributed by atoms with Crippen LogP contribution in [0.25, 0.3) is 0 Å². The van der Waals surface area contributed by atoms with Crippen molar-refractivity contribution in [2.24, 2.45) is 0 Å². The molecule has 0 radical (unpaired) electrons. The molecule has 0 aliphatic carbocycles. The summed E-state index contributed by atoms with van der Waals surface area (Å²) in [6, 6.07) is 5.63. The van der Waals surface area contributed by atoms with Gasteiger partial charge in [0.2, 0.25) is 0 Å². The summed E-state index contributed by atoms with van der Waals surface area (Å²) in [5.74, 6) is 0.878. The number of ether oxygens (including phenoxy) is 1. The summed E-state index contributed by atoms with van der Waals surface area (Å²) < 4.78 is 5.37. The van der Waals surface area contributed by atoms with Crippen LogP contribution in [-0.4, -0.2) is 12.4 Å². The Morgan fingerprint density at radius 2 is 2.21 bits per heavy atom. The summed E-state index contributed by atoms with van der Waals surface area (Å²) in [4.78, 5) is 11.7. The van der Waals surface area contributed by atoms with Gasteiger partial charge in [-0.2, -0.15) is 0 Å². The van der Waals surface area contributed by atoms with E-state index < -0.39 is 0 Å². The zero-order chi connectivity index (χ0) is 10.6. The predicted octanol–water partition coefficient (Wildman–Crippen LogP) is 2.51. The van der Waals surface area contributed by atoms with Gasteiger partial charge in [-0.1, -0.05) is 12.1 Å². The quantitative estimate of drug-likeness (QED) is 0.773. The van der Waals surface area contributed by atoms with E-state index in [1.807, 2.05) is 25.1 Å². The summed E-state index contributed by atoms with van der Waals surface area (Å²) in [7, 11) is 0. The van der Waals surface area contributed by atoms with Crippen molar-refractivity contribution >= 4 is 18.4 Å². The highest BCUT2D eigenvalue weighted by Crippen LogP contribution is 2.26. The molecule has 0 N–H and O–H groups in total. The van der Waals surface area contributed by atoms with Crippen LogP contribution in [0, 0.1) is 0 Å². The number of carbonyl (C=O) groups excluding carboxylic acids is 1. The van der Waals surface area contributed by atoms with E-state index in [9.17, 15) is 4.79 Å². The average molecular weight is 210 g/mol. The van der Waals surface area contributed by atoms with Crippen molar-refractivity contribution in [3.63, 3.8) is 0 Å². The van der Waals surface area contributed by atoms with Crippen molar-refractivity contribution in [1.82, 2.24) is 0 Å². The third kappa shape index (κ3) is 2.77. The van der Waals surface area contributed by atoms with Crippen LogP contribution in [0.3, 0.4) is 0 Å². The number of hydrogen-bond donors (Lipinski definition) is 1. The van der Waals surface area contributed by atoms with Gasteiger partial charge in [0.05, 0.1) is 6.61 Å². The molecule has 0 spiro atoms. The van der Waals surface area contributed by atoms with E-state index in [4.69, 9.17) is 4.74 Å². The molecule has 14 heavy (non-hydrogen) atoms. The third-order valence-electron chi connectivity index (χ3n) is 1.82. The van der Waals surface area contributed by atoms with E-state index in [1.165, 1.54) is 0 Å². The Morgan fingerprint density at radius 3 is 2.79 bits per heavy atom. The molecule has 1 rings (SSSR count). The van der Waals surface area contributed by atoms with Gasteiger partial charge in [-0.25, -0.2) is 0 Å². The lowest BCUT2D eigenvalue weighted by Gasteiger charge is -2.09. The molecule has 0 bridgehead atoms. The molecular formula is C11H14O2S. The van der Waals surface area contributed by atoms with Crippen LogP contribution in [0.2, 0.25) is 0 Å². The minimum absolute atomic E-state index is 0.133. The fraction of sp³-hybridized carbons (Fsp3) is 0.364. The SMILES string of the molecule is CCOc1cccc(CC(C)=O)c1S. The van der Waals surface area contributed by atoms with Crippen LogP contribution in [0.5, 0.6) is 5.75 Å². The van der Waals surface area contributed by atoms with Gasteiger partial charge in [0.15, 0.2) is 0 Å². The average Bonchev–Trinajstić information content (AvgIpc) is 2.11. The predicted molar refractivity (Wildman–Crippen MR) is 59.2 cm³/mol. The Bertz CT molecular complexity index is 334. The van der Waals surface area contributed by atoms with Gasteiger partial charge in [-0.05, 0) is 25.5 Å². The molecule has 0 saturated heterocycles. The molecule has 0 heterocycles. The highest BCUT2D eigenvalue weighted by molar-refractivity contribution is 7.80. The molecular weight excluding hydrogens is 196 g/mol. The number of thiol groups is 1. The van der Waals surface area contributed by atoms with Crippen LogP contribution in [0.1, 0.15) is 19.4 Å². The van der Waals surface area contributed by atoms with E-state index >= 15 is 0 Å². The van der Waals surface area contributed by atoms with Crippen LogP contribution < -0.4 is 4.74 Å². The second-order valence-electron chi connectivity index (χ2n) is 3.08. The van der Waals surface area contributed by atoms with E-state index in [1.54, 1.807) is 6.92 Å². The molecule has 0 saturated carbocycles. The van der Waals surface area contributed by atoms with Gasteiger partial charge < -0.3 is 4.74 Å². The number of Topliss-reactive ketones (excluding diaryl/α,β-unsaturated/α-hetero) is 1. The van der Waals surface area contributed by atoms with E-state index in [-0.39, 0.29) is 5.78 Å². The fourth-order valence-electron chi connectivity index (χ4n) is 1.25. The standard InChI is InChI=1S/C11H14O2S/c1-3-13-10-6-4-5-9(11(10)14)7-8(2)12/h4-6,14H,3,7H2,1-2H3. The number of ketones is 1. The summed E-state index contributed by atoms with van der Waals surface area (Å²) in [5, 5.41) is 0. The maximum atomic E-state index is 11.0. The van der Waals surface area contributed by atoms with Crippen LogP contribution in [0.15, 0.2) is 23.1 Å².